The van der Waals surface area contributed by atoms with Gasteiger partial charge < -0.3 is 130 Å². The zero-order valence-electron chi connectivity index (χ0n) is 83.1. The maximum Gasteiger partial charge on any atom is 0.246 e. The summed E-state index contributed by atoms with van der Waals surface area (Å²) in [5.74, 6) is -7.87. The number of Topliss-reactive ketones (excluding diaryl/α,β-unsaturated/α-hetero) is 1. The Hall–Kier alpha value is -8.68. The van der Waals surface area contributed by atoms with Gasteiger partial charge in [-0.25, -0.2) is 0 Å². The third-order valence-electron chi connectivity index (χ3n) is 26.9. The van der Waals surface area contributed by atoms with Crippen molar-refractivity contribution >= 4 is 81.6 Å². The number of aliphatic imine (C=N–C) groups is 1. The van der Waals surface area contributed by atoms with Crippen LogP contribution in [-0.2, 0) is 68.6 Å². The summed E-state index contributed by atoms with van der Waals surface area (Å²) in [6.07, 6.45) is 14.6. The number of primary amides is 2. The summed E-state index contributed by atoms with van der Waals surface area (Å²) in [5.41, 5.74) is 19.5. The Labute approximate surface area is 828 Å². The molecule has 2 aliphatic carbocycles. The Morgan fingerprint density at radius 3 is 2.07 bits per heavy atom. The molecule has 1 aromatic carbocycles. The molecule has 2 fully saturated rings. The van der Waals surface area contributed by atoms with E-state index in [1.807, 2.05) is 56.3 Å². The number of aliphatic hydroxyl groups is 10. The zero-order chi connectivity index (χ0) is 103. The lowest BCUT2D eigenvalue weighted by molar-refractivity contribution is -0.141. The van der Waals surface area contributed by atoms with Crippen LogP contribution in [0.25, 0.3) is 10.9 Å². The highest BCUT2D eigenvalue weighted by atomic mass is 16.5. The van der Waals surface area contributed by atoms with Crippen LogP contribution in [0.5, 0.6) is 0 Å². The minimum Gasteiger partial charge on any atom is -0.394 e. The molecule has 1 saturated carbocycles. The van der Waals surface area contributed by atoms with E-state index in [-0.39, 0.29) is 133 Å². The van der Waals surface area contributed by atoms with E-state index in [1.54, 1.807) is 6.20 Å². The van der Waals surface area contributed by atoms with Gasteiger partial charge in [-0.05, 0) is 132 Å². The molecule has 20 unspecified atom stereocenters. The highest BCUT2D eigenvalue weighted by Crippen LogP contribution is 2.51. The summed E-state index contributed by atoms with van der Waals surface area (Å²) in [6, 6.07) is -7.30. The number of aromatic amines is 1. The first kappa shape index (κ1) is 119. The van der Waals surface area contributed by atoms with Crippen LogP contribution < -0.4 is 91.6 Å². The Morgan fingerprint density at radius 2 is 1.38 bits per heavy atom. The molecule has 1 aromatic heterocycles. The molecule has 43 nitrogen and oxygen atoms in total. The Morgan fingerprint density at radius 1 is 0.681 bits per heavy atom. The topological polar surface area (TPSA) is 686 Å². The Bertz CT molecular complexity index is 4230. The third-order valence-corrected chi connectivity index (χ3v) is 26.9. The number of β-amino-alcohol motifs (C(OH)–C–C–N with tert-alkyl or cyclic N) is 1. The fourth-order valence-corrected chi connectivity index (χ4v) is 18.6. The van der Waals surface area contributed by atoms with Gasteiger partial charge in [-0.2, -0.15) is 0 Å². The summed E-state index contributed by atoms with van der Waals surface area (Å²) in [7, 11) is 0. The van der Waals surface area contributed by atoms with Gasteiger partial charge in [0.05, 0.1) is 93.6 Å². The number of amides is 10. The normalized spacial score (nSPS) is 24.1. The van der Waals surface area contributed by atoms with Crippen LogP contribution in [0, 0.1) is 23.2 Å². The minimum atomic E-state index is -2.01. The van der Waals surface area contributed by atoms with Crippen molar-refractivity contribution in [3.63, 3.8) is 0 Å². The van der Waals surface area contributed by atoms with Crippen molar-refractivity contribution in [2.24, 2.45) is 45.4 Å². The van der Waals surface area contributed by atoms with Crippen LogP contribution in [0.15, 0.2) is 59.3 Å². The number of amidine groups is 1. The fraction of sp³-hybridized carbons (Fsp3) is 0.755. The number of hydrogen-bond donors (Lipinski definition) is 28. The van der Waals surface area contributed by atoms with Crippen LogP contribution in [0.1, 0.15) is 252 Å². The van der Waals surface area contributed by atoms with Crippen LogP contribution in [0.2, 0.25) is 0 Å². The predicted octanol–water partition coefficient (Wildman–Crippen LogP) is -1.60. The van der Waals surface area contributed by atoms with Crippen molar-refractivity contribution in [1.29, 1.82) is 0 Å². The number of nitrogens with two attached hydrogens (primary N) is 3. The number of ketones is 1. The number of nitrogens with one attached hydrogen (secondary N) is 15. The van der Waals surface area contributed by atoms with E-state index in [9.17, 15) is 84.6 Å². The maximum absolute atomic E-state index is 15.6. The lowest BCUT2D eigenvalue weighted by Gasteiger charge is -2.35. The minimum absolute atomic E-state index is 0.000293. The number of carbonyl (C=O) groups is 11. The van der Waals surface area contributed by atoms with Crippen LogP contribution >= 0.6 is 0 Å². The number of rotatable bonds is 59. The number of ether oxygens (including phenoxy) is 2. The predicted molar refractivity (Wildman–Crippen MR) is 528 cm³/mol. The summed E-state index contributed by atoms with van der Waals surface area (Å²) < 4.78 is 10.9. The number of hydrogen-bond acceptors (Lipinski definition) is 32. The first-order valence-corrected chi connectivity index (χ1v) is 51.4. The molecule has 20 atom stereocenters. The number of fused-ring (bicyclic) bond motifs is 7. The van der Waals surface area contributed by atoms with Crippen molar-refractivity contribution in [2.45, 2.75) is 363 Å². The number of allylic oxidation sites excluding steroid dienone is 3. The van der Waals surface area contributed by atoms with Crippen molar-refractivity contribution < 1.29 is 113 Å². The van der Waals surface area contributed by atoms with E-state index in [0.29, 0.717) is 63.6 Å². The smallest absolute Gasteiger partial charge is 0.246 e. The summed E-state index contributed by atoms with van der Waals surface area (Å²) in [5, 5.41) is 152. The van der Waals surface area contributed by atoms with Gasteiger partial charge in [0.15, 0.2) is 6.29 Å². The number of carbonyl (C=O) groups excluding carboxylic acids is 11. The number of unbranched alkanes of at least 4 members (excludes halogenated alkanes) is 13. The second kappa shape index (κ2) is 64.9. The van der Waals surface area contributed by atoms with E-state index < -0.39 is 227 Å². The zero-order valence-corrected chi connectivity index (χ0v) is 83.1. The van der Waals surface area contributed by atoms with E-state index in [0.717, 1.165) is 41.6 Å². The van der Waals surface area contributed by atoms with E-state index in [4.69, 9.17) is 31.7 Å². The lowest BCUT2D eigenvalue weighted by atomic mass is 9.82. The number of para-hydroxylation sites is 1. The van der Waals surface area contributed by atoms with Gasteiger partial charge in [0.1, 0.15) is 67.9 Å². The van der Waals surface area contributed by atoms with Crippen LogP contribution in [-0.4, -0.2) is 327 Å². The largest absolute Gasteiger partial charge is 0.394 e. The highest BCUT2D eigenvalue weighted by molar-refractivity contribution is 5.96. The molecular formula is C98H168N20O23. The van der Waals surface area contributed by atoms with Gasteiger partial charge >= 0.3 is 0 Å². The molecule has 2 aromatic rings. The number of nitrogens with zero attached hydrogens (tertiary/aromatic N) is 2. The molecule has 10 amide bonds. The molecule has 31 N–H and O–H groups in total. The van der Waals surface area contributed by atoms with E-state index >= 15 is 19.2 Å². The van der Waals surface area contributed by atoms with Gasteiger partial charge in [-0.3, -0.25) is 89.6 Å². The van der Waals surface area contributed by atoms with Gasteiger partial charge in [-0.15, -0.1) is 0 Å². The number of H-pyrrole nitrogens is 1. The SMILES string of the molecule is CCCCC(NC(=O)C(CNC(O)CCCC(O)O)NC(=O)C(CO)NC(O)C(CCC(N)=O)NC(O)C(CO)NC(=O)CNC(=O)COCCOCCNC(=O)CCCCCCCCCCCCCCCC(C)C)C(O)NC1CCC(=O)C23CC(N)=NCCC(C4=CC(C)CC=C4)C(NC(O)CNC(=O)C4CCCN4C1=O)C(=O)NC(Cc1c[nH]c4ccccc14)C(O)NC(C(N)=O)CCCCNC2C3. The van der Waals surface area contributed by atoms with Crippen molar-refractivity contribution in [1.82, 2.24) is 84.3 Å². The molecule has 43 heteroatoms. The highest BCUT2D eigenvalue weighted by Gasteiger charge is 2.59. The van der Waals surface area contributed by atoms with Crippen molar-refractivity contribution in [3.05, 3.63) is 59.8 Å². The quantitative estimate of drug-likeness (QED) is 0.0262. The van der Waals surface area contributed by atoms with E-state index in [2.05, 4.69) is 93.3 Å². The molecule has 7 rings (SSSR count). The van der Waals surface area contributed by atoms with Crippen LogP contribution in [0.4, 0.5) is 0 Å². The molecule has 0 radical (unpaired) electrons. The van der Waals surface area contributed by atoms with Crippen molar-refractivity contribution in [3.8, 4) is 0 Å². The number of aromatic nitrogens is 1. The Kier molecular flexibility index (Phi) is 54.9. The molecule has 5 aliphatic rings. The average molecular weight is 1990 g/mol. The molecule has 4 heterocycles. The van der Waals surface area contributed by atoms with Gasteiger partial charge in [-0.1, -0.05) is 167 Å². The fourth-order valence-electron chi connectivity index (χ4n) is 18.6. The number of benzene rings is 1. The molecule has 798 valence electrons. The second-order valence-corrected chi connectivity index (χ2v) is 39.0. The standard InChI is InChI=1S/C98H168N20O23/c1-5-6-31-69(111-92(134)73(55-106-82(124)36-25-37-86(128)129)115-94(136)75(59-120)116-90(132)70(39-41-80(100)122)112-93(135)74(58-119)109-83(125)56-107-85(127)60-141-49-48-140-47-45-104-81(123)35-19-17-15-13-11-9-7-8-10-12-14-16-18-27-61(2)3)89(131)113-71-38-40-78(121)98-52-77(98)102-43-23-22-33-68(88(101)130)110-91(133)72(51-64-54-105-67-32-21-20-30-65(64)67)114-96(138)87(66(42-44-103-79(99)53-98)63-29-24-28-62(4)50-63)117-84(126)57-108-95(137)76-34-26-46-118(76)97(71)139/h20-21,24,29-30,32,50,54,61-62,66,68-77,82,84,86-87,89-91,93,102,105-106,110,112-113,116-117,119-120,124,126,128-129,131-133,135H,5-19,22-23,25-28,31,33-49,51-53,55-60H2,1-4H3,(H2,99,103)(H2,100,122)(H2,101,130)(H,104,123)(H,107,127)(H,108,137)(H,109,125)(H,111,134)(H,114,138)(H,115,136). The number of aliphatic hydroxyl groups excluding tert-OH is 9. The van der Waals surface area contributed by atoms with Crippen molar-refractivity contribution in [2.75, 3.05) is 85.5 Å². The maximum atomic E-state index is 15.6. The average Bonchev–Trinajstić information content (AvgIpc) is 1.58. The second-order valence-electron chi connectivity index (χ2n) is 39.0. The summed E-state index contributed by atoms with van der Waals surface area (Å²) in [6.45, 7) is 5.05. The molecule has 141 heavy (non-hydrogen) atoms. The molecule has 2 bridgehead atoms. The lowest BCUT2D eigenvalue weighted by Crippen LogP contribution is -2.64. The first-order chi connectivity index (χ1) is 67.6. The monoisotopic (exact) mass is 1990 g/mol. The van der Waals surface area contributed by atoms with Crippen LogP contribution in [0.3, 0.4) is 0 Å². The summed E-state index contributed by atoms with van der Waals surface area (Å²) >= 11 is 0. The van der Waals surface area contributed by atoms with Gasteiger partial charge in [0.2, 0.25) is 59.1 Å². The third kappa shape index (κ3) is 43.3. The molecule has 1 saturated heterocycles. The Balaban J connectivity index is 1.01. The molecular weight excluding hydrogens is 1830 g/mol. The summed E-state index contributed by atoms with van der Waals surface area (Å²) in [4.78, 5) is 164. The van der Waals surface area contributed by atoms with Gasteiger partial charge in [0, 0.05) is 87.0 Å². The molecule has 3 aliphatic heterocycles. The molecule has 1 spiro atoms. The van der Waals surface area contributed by atoms with E-state index in [1.165, 1.54) is 75.5 Å². The van der Waals surface area contributed by atoms with Gasteiger partial charge in [0.25, 0.3) is 0 Å². The first-order valence-electron chi connectivity index (χ1n) is 51.4.